The van der Waals surface area contributed by atoms with Gasteiger partial charge in [-0.15, -0.1) is 11.3 Å². The van der Waals surface area contributed by atoms with Gasteiger partial charge in [0.25, 0.3) is 0 Å². The molecule has 1 aliphatic rings. The zero-order valence-electron chi connectivity index (χ0n) is 12.0. The number of thiazole rings is 1. The maximum atomic E-state index is 5.94. The fraction of sp³-hybridized carbons (Fsp3) is 0.571. The van der Waals surface area contributed by atoms with Crippen molar-refractivity contribution in [2.24, 2.45) is 0 Å². The van der Waals surface area contributed by atoms with Crippen LogP contribution in [0.5, 0.6) is 0 Å². The molecule has 2 heterocycles. The van der Waals surface area contributed by atoms with Gasteiger partial charge in [0.1, 0.15) is 16.4 Å². The van der Waals surface area contributed by atoms with E-state index in [2.05, 4.69) is 39.7 Å². The number of ether oxygens (including phenoxy) is 1. The molecule has 0 bridgehead atoms. The van der Waals surface area contributed by atoms with Gasteiger partial charge in [0.05, 0.1) is 15.2 Å². The van der Waals surface area contributed by atoms with E-state index < -0.39 is 5.60 Å². The molecule has 0 amide bonds. The molecule has 0 spiro atoms. The van der Waals surface area contributed by atoms with Gasteiger partial charge in [-0.1, -0.05) is 13.8 Å². The van der Waals surface area contributed by atoms with Crippen LogP contribution in [0.15, 0.2) is 14.6 Å². The number of fused-ring (bicyclic) bond motifs is 1. The number of aromatic nitrogens is 2. The third kappa shape index (κ3) is 2.05. The molecule has 1 unspecified atom stereocenters. The first-order valence-electron chi connectivity index (χ1n) is 6.49. The van der Waals surface area contributed by atoms with Crippen LogP contribution in [0.25, 0.3) is 0 Å². The Hall–Kier alpha value is -0.720. The lowest BCUT2D eigenvalue weighted by Gasteiger charge is -2.40. The zero-order valence-corrected chi connectivity index (χ0v) is 14.4. The van der Waals surface area contributed by atoms with Gasteiger partial charge in [-0.2, -0.15) is 0 Å². The van der Waals surface area contributed by atoms with Crippen molar-refractivity contribution in [1.29, 1.82) is 0 Å². The van der Waals surface area contributed by atoms with Gasteiger partial charge in [-0.05, 0) is 29.3 Å². The highest BCUT2D eigenvalue weighted by molar-refractivity contribution is 9.11. The molecule has 0 fully saturated rings. The Morgan fingerprint density at radius 3 is 2.80 bits per heavy atom. The van der Waals surface area contributed by atoms with Crippen LogP contribution in [-0.2, 0) is 22.2 Å². The normalized spacial score (nSPS) is 24.6. The van der Waals surface area contributed by atoms with Crippen molar-refractivity contribution >= 4 is 27.3 Å². The van der Waals surface area contributed by atoms with E-state index >= 15 is 0 Å². The number of hydrogen-bond donors (Lipinski definition) is 0. The zero-order chi connectivity index (χ0) is 14.5. The Morgan fingerprint density at radius 2 is 2.20 bits per heavy atom. The maximum Gasteiger partial charge on any atom is 0.181 e. The number of aryl methyl sites for hydroxylation is 1. The lowest BCUT2D eigenvalue weighted by atomic mass is 9.71. The summed E-state index contributed by atoms with van der Waals surface area (Å²) >= 11 is 5.20. The van der Waals surface area contributed by atoms with E-state index in [9.17, 15) is 0 Å². The van der Waals surface area contributed by atoms with E-state index in [0.29, 0.717) is 6.42 Å². The van der Waals surface area contributed by atoms with Crippen LogP contribution in [-0.4, -0.2) is 17.1 Å². The van der Waals surface area contributed by atoms with Crippen LogP contribution in [0.3, 0.4) is 0 Å². The second-order valence-electron chi connectivity index (χ2n) is 5.94. The molecule has 0 aliphatic heterocycles. The molecule has 2 aromatic heterocycles. The van der Waals surface area contributed by atoms with Gasteiger partial charge in [0, 0.05) is 18.9 Å². The number of hydrogen-bond acceptors (Lipinski definition) is 5. The Bertz CT molecular complexity index is 630. The maximum absolute atomic E-state index is 5.94. The summed E-state index contributed by atoms with van der Waals surface area (Å²) in [6.07, 6.45) is 3.07. The first-order chi connectivity index (χ1) is 9.38. The second kappa shape index (κ2) is 4.64. The molecule has 20 heavy (non-hydrogen) atoms. The molecule has 1 atom stereocenters. The van der Waals surface area contributed by atoms with Gasteiger partial charge in [0.2, 0.25) is 0 Å². The SMILES string of the molecule is COC1(c2nc(C)c(Br)s2)Cc2ncoc2C(C)(C)C1. The number of nitrogens with zero attached hydrogens (tertiary/aromatic N) is 2. The highest BCUT2D eigenvalue weighted by Crippen LogP contribution is 2.49. The number of halogens is 1. The van der Waals surface area contributed by atoms with E-state index in [0.717, 1.165) is 32.4 Å². The average molecular weight is 357 g/mol. The minimum absolute atomic E-state index is 0.119. The van der Waals surface area contributed by atoms with Crippen molar-refractivity contribution in [2.45, 2.75) is 44.6 Å². The summed E-state index contributed by atoms with van der Waals surface area (Å²) in [6.45, 7) is 6.34. The molecular formula is C14H17BrN2O2S. The van der Waals surface area contributed by atoms with E-state index in [-0.39, 0.29) is 5.41 Å². The summed E-state index contributed by atoms with van der Waals surface area (Å²) in [7, 11) is 1.76. The summed E-state index contributed by atoms with van der Waals surface area (Å²) in [6, 6.07) is 0. The molecule has 2 aromatic rings. The topological polar surface area (TPSA) is 48.2 Å². The number of oxazole rings is 1. The van der Waals surface area contributed by atoms with E-state index in [4.69, 9.17) is 9.15 Å². The van der Waals surface area contributed by atoms with Crippen LogP contribution in [0.1, 0.15) is 42.4 Å². The lowest BCUT2D eigenvalue weighted by Crippen LogP contribution is -2.42. The molecule has 0 N–H and O–H groups in total. The molecule has 1 aliphatic carbocycles. The predicted octanol–water partition coefficient (Wildman–Crippen LogP) is 3.97. The summed E-state index contributed by atoms with van der Waals surface area (Å²) in [5.74, 6) is 0.970. The van der Waals surface area contributed by atoms with Gasteiger partial charge >= 0.3 is 0 Å². The second-order valence-corrected chi connectivity index (χ2v) is 8.26. The van der Waals surface area contributed by atoms with Crippen LogP contribution in [0, 0.1) is 6.92 Å². The van der Waals surface area contributed by atoms with Crippen molar-refractivity contribution in [1.82, 2.24) is 9.97 Å². The largest absolute Gasteiger partial charge is 0.448 e. The Kier molecular flexibility index (Phi) is 3.30. The van der Waals surface area contributed by atoms with Crippen molar-refractivity contribution in [3.05, 3.63) is 32.3 Å². The Labute approximate surface area is 130 Å². The third-order valence-corrected chi connectivity index (χ3v) is 6.15. The molecule has 0 saturated heterocycles. The summed E-state index contributed by atoms with van der Waals surface area (Å²) in [5, 5.41) is 1.01. The molecule has 6 heteroatoms. The molecule has 0 saturated carbocycles. The first kappa shape index (κ1) is 14.2. The molecular weight excluding hydrogens is 340 g/mol. The highest BCUT2D eigenvalue weighted by atomic mass is 79.9. The van der Waals surface area contributed by atoms with E-state index in [1.165, 1.54) is 6.39 Å². The van der Waals surface area contributed by atoms with Gasteiger partial charge in [-0.25, -0.2) is 9.97 Å². The quantitative estimate of drug-likeness (QED) is 0.816. The van der Waals surface area contributed by atoms with Crippen molar-refractivity contribution in [3.8, 4) is 0 Å². The van der Waals surface area contributed by atoms with Gasteiger partial charge in [-0.3, -0.25) is 0 Å². The van der Waals surface area contributed by atoms with E-state index in [1.54, 1.807) is 18.4 Å². The third-order valence-electron chi connectivity index (χ3n) is 3.96. The predicted molar refractivity (Wildman–Crippen MR) is 81.1 cm³/mol. The fourth-order valence-electron chi connectivity index (χ4n) is 3.03. The average Bonchev–Trinajstić information content (AvgIpc) is 2.97. The standard InChI is InChI=1S/C14H17BrN2O2S/c1-8-11(15)20-12(17-8)14(18-4)5-9-10(19-7-16-9)13(2,3)6-14/h7H,5-6H2,1-4H3. The monoisotopic (exact) mass is 356 g/mol. The first-order valence-corrected chi connectivity index (χ1v) is 8.10. The smallest absolute Gasteiger partial charge is 0.181 e. The van der Waals surface area contributed by atoms with Crippen molar-refractivity contribution in [3.63, 3.8) is 0 Å². The summed E-state index contributed by atoms with van der Waals surface area (Å²) < 4.78 is 12.6. The Morgan fingerprint density at radius 1 is 1.45 bits per heavy atom. The lowest BCUT2D eigenvalue weighted by molar-refractivity contribution is -0.0478. The van der Waals surface area contributed by atoms with Crippen LogP contribution >= 0.6 is 27.3 Å². The summed E-state index contributed by atoms with van der Waals surface area (Å²) in [5.41, 5.74) is 1.44. The van der Waals surface area contributed by atoms with Crippen LogP contribution in [0.2, 0.25) is 0 Å². The molecule has 108 valence electrons. The van der Waals surface area contributed by atoms with Crippen LogP contribution in [0.4, 0.5) is 0 Å². The minimum atomic E-state index is -0.422. The highest BCUT2D eigenvalue weighted by Gasteiger charge is 2.49. The summed E-state index contributed by atoms with van der Waals surface area (Å²) in [4.78, 5) is 9.06. The van der Waals surface area contributed by atoms with Gasteiger partial charge in [0.15, 0.2) is 6.39 Å². The minimum Gasteiger partial charge on any atom is -0.448 e. The molecule has 4 nitrogen and oxygen atoms in total. The molecule has 3 rings (SSSR count). The number of rotatable bonds is 2. The molecule has 0 radical (unpaired) electrons. The fourth-order valence-corrected chi connectivity index (χ4v) is 4.54. The van der Waals surface area contributed by atoms with Crippen molar-refractivity contribution in [2.75, 3.05) is 7.11 Å². The van der Waals surface area contributed by atoms with Crippen LogP contribution < -0.4 is 0 Å². The van der Waals surface area contributed by atoms with Crippen molar-refractivity contribution < 1.29 is 9.15 Å². The van der Waals surface area contributed by atoms with Gasteiger partial charge < -0.3 is 9.15 Å². The van der Waals surface area contributed by atoms with E-state index in [1.807, 2.05) is 6.92 Å². The number of methoxy groups -OCH3 is 1. The Balaban J connectivity index is 2.12. The molecule has 0 aromatic carbocycles.